The second-order valence-corrected chi connectivity index (χ2v) is 12.3. The molecule has 0 saturated carbocycles. The van der Waals surface area contributed by atoms with Crippen LogP contribution in [-0.4, -0.2) is 44.5 Å². The Morgan fingerprint density at radius 3 is 1.98 bits per heavy atom. The number of benzene rings is 5. The molecular formula is C41H37N3O7S. The van der Waals surface area contributed by atoms with Crippen LogP contribution < -0.4 is 25.4 Å². The third-order valence-corrected chi connectivity index (χ3v) is 8.91. The van der Waals surface area contributed by atoms with E-state index in [1.54, 1.807) is 111 Å². The molecule has 3 N–H and O–H groups in total. The highest BCUT2D eigenvalue weighted by Crippen LogP contribution is 2.37. The number of amides is 3. The van der Waals surface area contributed by atoms with E-state index < -0.39 is 23.0 Å². The van der Waals surface area contributed by atoms with E-state index in [2.05, 4.69) is 16.0 Å². The van der Waals surface area contributed by atoms with Gasteiger partial charge in [-0.2, -0.15) is 0 Å². The predicted octanol–water partition coefficient (Wildman–Crippen LogP) is 7.76. The van der Waals surface area contributed by atoms with E-state index in [9.17, 15) is 19.2 Å². The van der Waals surface area contributed by atoms with Gasteiger partial charge in [0.2, 0.25) is 5.91 Å². The molecule has 1 unspecified atom stereocenters. The van der Waals surface area contributed by atoms with Gasteiger partial charge in [-0.25, -0.2) is 4.79 Å². The van der Waals surface area contributed by atoms with Crippen molar-refractivity contribution in [3.63, 3.8) is 0 Å². The monoisotopic (exact) mass is 715 g/mol. The van der Waals surface area contributed by atoms with E-state index in [0.29, 0.717) is 39.6 Å². The molecule has 0 aliphatic carbocycles. The number of carbonyl (C=O) groups excluding carboxylic acids is 4. The van der Waals surface area contributed by atoms with Crippen LogP contribution in [0.25, 0.3) is 6.08 Å². The van der Waals surface area contributed by atoms with Crippen LogP contribution in [0.3, 0.4) is 0 Å². The van der Waals surface area contributed by atoms with Crippen molar-refractivity contribution in [2.24, 2.45) is 0 Å². The molecule has 0 fully saturated rings. The van der Waals surface area contributed by atoms with Gasteiger partial charge in [0.1, 0.15) is 22.4 Å². The van der Waals surface area contributed by atoms with Crippen molar-refractivity contribution in [1.29, 1.82) is 0 Å². The molecule has 0 spiro atoms. The topological polar surface area (TPSA) is 132 Å². The highest BCUT2D eigenvalue weighted by atomic mass is 32.2. The SMILES string of the molecule is CCOC(=O)c1ccc(NC(=O)C(Sc2ccc(NC(=O)/C(=C/c3ccc(OC)cc3OC)NC(=O)c3ccccc3)cc2)c2ccccc2)cc1. The smallest absolute Gasteiger partial charge is 0.338 e. The van der Waals surface area contributed by atoms with Gasteiger partial charge >= 0.3 is 5.97 Å². The summed E-state index contributed by atoms with van der Waals surface area (Å²) >= 11 is 1.34. The number of hydrogen-bond acceptors (Lipinski definition) is 8. The summed E-state index contributed by atoms with van der Waals surface area (Å²) in [6.07, 6.45) is 1.53. The van der Waals surface area contributed by atoms with Crippen LogP contribution in [0.2, 0.25) is 0 Å². The molecule has 0 radical (unpaired) electrons. The van der Waals surface area contributed by atoms with Crippen LogP contribution in [0.5, 0.6) is 11.5 Å². The standard InChI is InChI=1S/C41H37N3O7S/c1-4-51-41(48)29-15-18-31(19-16-29)43-40(47)37(27-11-7-5-8-12-27)52-34-23-20-32(21-24-34)42-39(46)35(44-38(45)28-13-9-6-10-14-28)25-30-17-22-33(49-2)26-36(30)50-3/h5-26,37H,4H2,1-3H3,(H,42,46)(H,43,47)(H,44,45)/b35-25-. The van der Waals surface area contributed by atoms with E-state index in [1.807, 2.05) is 30.3 Å². The molecule has 0 aliphatic rings. The fourth-order valence-electron chi connectivity index (χ4n) is 5.00. The summed E-state index contributed by atoms with van der Waals surface area (Å²) in [4.78, 5) is 53.2. The fourth-order valence-corrected chi connectivity index (χ4v) is 6.02. The van der Waals surface area contributed by atoms with Crippen molar-refractivity contribution < 1.29 is 33.4 Å². The van der Waals surface area contributed by atoms with E-state index in [1.165, 1.54) is 24.9 Å². The van der Waals surface area contributed by atoms with Gasteiger partial charge in [0.25, 0.3) is 11.8 Å². The lowest BCUT2D eigenvalue weighted by atomic mass is 10.1. The molecular weight excluding hydrogens is 679 g/mol. The van der Waals surface area contributed by atoms with Crippen LogP contribution in [-0.2, 0) is 14.3 Å². The van der Waals surface area contributed by atoms with Crippen molar-refractivity contribution >= 4 is 52.9 Å². The summed E-state index contributed by atoms with van der Waals surface area (Å²) in [5.74, 6) is -0.678. The Balaban J connectivity index is 1.33. The molecule has 264 valence electrons. The van der Waals surface area contributed by atoms with Crippen LogP contribution >= 0.6 is 11.8 Å². The Labute approximate surface area is 306 Å². The lowest BCUT2D eigenvalue weighted by Crippen LogP contribution is -2.30. The minimum Gasteiger partial charge on any atom is -0.497 e. The fraction of sp³-hybridized carbons (Fsp3) is 0.122. The van der Waals surface area contributed by atoms with Gasteiger partial charge in [0.15, 0.2) is 0 Å². The van der Waals surface area contributed by atoms with Crippen molar-refractivity contribution in [1.82, 2.24) is 5.32 Å². The lowest BCUT2D eigenvalue weighted by molar-refractivity contribution is -0.116. The van der Waals surface area contributed by atoms with Gasteiger partial charge in [0, 0.05) is 33.5 Å². The Morgan fingerprint density at radius 1 is 0.712 bits per heavy atom. The first-order valence-corrected chi connectivity index (χ1v) is 17.2. The summed E-state index contributed by atoms with van der Waals surface area (Å²) < 4.78 is 15.8. The molecule has 52 heavy (non-hydrogen) atoms. The maximum absolute atomic E-state index is 13.7. The van der Waals surface area contributed by atoms with Gasteiger partial charge in [0.05, 0.1) is 26.4 Å². The first-order chi connectivity index (χ1) is 25.3. The minimum atomic E-state index is -0.617. The van der Waals surface area contributed by atoms with Crippen LogP contribution in [0.4, 0.5) is 11.4 Å². The molecule has 0 saturated heterocycles. The maximum Gasteiger partial charge on any atom is 0.338 e. The van der Waals surface area contributed by atoms with Crippen molar-refractivity contribution in [2.45, 2.75) is 17.1 Å². The highest BCUT2D eigenvalue weighted by Gasteiger charge is 2.23. The summed E-state index contributed by atoms with van der Waals surface area (Å²) in [7, 11) is 3.05. The number of ether oxygens (including phenoxy) is 3. The molecule has 3 amide bonds. The molecule has 5 aromatic rings. The number of methoxy groups -OCH3 is 2. The molecule has 11 heteroatoms. The van der Waals surface area contributed by atoms with Crippen LogP contribution in [0, 0.1) is 0 Å². The van der Waals surface area contributed by atoms with Gasteiger partial charge in [-0.15, -0.1) is 11.8 Å². The van der Waals surface area contributed by atoms with E-state index in [0.717, 1.165) is 10.5 Å². The Morgan fingerprint density at radius 2 is 1.35 bits per heavy atom. The highest BCUT2D eigenvalue weighted by molar-refractivity contribution is 8.00. The zero-order valence-corrected chi connectivity index (χ0v) is 29.6. The molecule has 0 aliphatic heterocycles. The summed E-state index contributed by atoms with van der Waals surface area (Å²) in [5, 5.41) is 7.92. The number of hydrogen-bond donors (Lipinski definition) is 3. The number of thioether (sulfide) groups is 1. The van der Waals surface area contributed by atoms with Gasteiger partial charge in [-0.3, -0.25) is 14.4 Å². The molecule has 0 aromatic heterocycles. The van der Waals surface area contributed by atoms with Gasteiger partial charge in [-0.1, -0.05) is 48.5 Å². The van der Waals surface area contributed by atoms with Crippen molar-refractivity contribution in [3.8, 4) is 11.5 Å². The number of nitrogens with one attached hydrogen (secondary N) is 3. The third-order valence-electron chi connectivity index (χ3n) is 7.64. The summed E-state index contributed by atoms with van der Waals surface area (Å²) in [6.45, 7) is 2.01. The van der Waals surface area contributed by atoms with Gasteiger partial charge in [-0.05, 0) is 91.4 Å². The Bertz CT molecular complexity index is 2040. The zero-order chi connectivity index (χ0) is 36.9. The molecule has 10 nitrogen and oxygen atoms in total. The average molecular weight is 716 g/mol. The van der Waals surface area contributed by atoms with E-state index >= 15 is 0 Å². The van der Waals surface area contributed by atoms with E-state index in [-0.39, 0.29) is 18.2 Å². The first-order valence-electron chi connectivity index (χ1n) is 16.3. The van der Waals surface area contributed by atoms with Crippen LogP contribution in [0.15, 0.2) is 138 Å². The van der Waals surface area contributed by atoms with E-state index in [4.69, 9.17) is 14.2 Å². The second-order valence-electron chi connectivity index (χ2n) is 11.2. The Hall–Kier alpha value is -6.33. The normalized spacial score (nSPS) is 11.5. The predicted molar refractivity (Wildman–Crippen MR) is 203 cm³/mol. The Kier molecular flexibility index (Phi) is 12.8. The maximum atomic E-state index is 13.7. The molecule has 5 aromatic carbocycles. The van der Waals surface area contributed by atoms with Crippen molar-refractivity contribution in [2.75, 3.05) is 31.5 Å². The average Bonchev–Trinajstić information content (AvgIpc) is 3.18. The quantitative estimate of drug-likeness (QED) is 0.0604. The summed E-state index contributed by atoms with van der Waals surface area (Å²) in [6, 6.07) is 36.7. The summed E-state index contributed by atoms with van der Waals surface area (Å²) in [5.41, 5.74) is 3.12. The number of anilines is 2. The third kappa shape index (κ3) is 9.89. The first kappa shape index (κ1) is 36.9. The zero-order valence-electron chi connectivity index (χ0n) is 28.8. The molecule has 1 atom stereocenters. The molecule has 0 bridgehead atoms. The molecule has 0 heterocycles. The van der Waals surface area contributed by atoms with Gasteiger partial charge < -0.3 is 30.2 Å². The second kappa shape index (κ2) is 18.1. The largest absolute Gasteiger partial charge is 0.497 e. The van der Waals surface area contributed by atoms with Crippen molar-refractivity contribution in [3.05, 3.63) is 155 Å². The number of esters is 1. The minimum absolute atomic E-state index is 0.00753. The van der Waals surface area contributed by atoms with Crippen LogP contribution in [0.1, 0.15) is 44.0 Å². The lowest BCUT2D eigenvalue weighted by Gasteiger charge is -2.18. The molecule has 5 rings (SSSR count). The number of carbonyl (C=O) groups is 4. The number of rotatable bonds is 14.